The molecule has 104 valence electrons. The average Bonchev–Trinajstić information content (AvgIpc) is 3.04. The fraction of sp³-hybridized carbons (Fsp3) is 0.333. The summed E-state index contributed by atoms with van der Waals surface area (Å²) >= 11 is 12.4. The van der Waals surface area contributed by atoms with Crippen LogP contribution in [0.15, 0.2) is 12.1 Å². The fourth-order valence-electron chi connectivity index (χ4n) is 2.35. The summed E-state index contributed by atoms with van der Waals surface area (Å²) in [6, 6.07) is 4.72. The molecule has 0 aliphatic heterocycles. The molecule has 1 atom stereocenters. The number of thiol groups is 1. The number of thiophene rings is 4. The van der Waals surface area contributed by atoms with Crippen LogP contribution in [0, 0.1) is 0 Å². The lowest BCUT2D eigenvalue weighted by Crippen LogP contribution is -1.77. The normalized spacial score (nSPS) is 14.2. The minimum Gasteiger partial charge on any atom is -0.171 e. The van der Waals surface area contributed by atoms with Gasteiger partial charge in [-0.05, 0) is 25.0 Å². The van der Waals surface area contributed by atoms with Crippen molar-refractivity contribution in [3.8, 4) is 0 Å². The van der Waals surface area contributed by atoms with Gasteiger partial charge in [0.15, 0.2) is 0 Å². The van der Waals surface area contributed by atoms with Gasteiger partial charge in [0.05, 0.1) is 18.8 Å². The van der Waals surface area contributed by atoms with E-state index in [2.05, 4.69) is 45.5 Å². The van der Waals surface area contributed by atoms with Crippen LogP contribution < -0.4 is 0 Å². The van der Waals surface area contributed by atoms with Gasteiger partial charge < -0.3 is 0 Å². The Morgan fingerprint density at radius 3 is 1.75 bits per heavy atom. The summed E-state index contributed by atoms with van der Waals surface area (Å²) in [7, 11) is 0. The van der Waals surface area contributed by atoms with Crippen LogP contribution in [-0.2, 0) is 0 Å². The molecule has 4 aromatic rings. The summed E-state index contributed by atoms with van der Waals surface area (Å²) in [5.74, 6) is 0.632. The highest BCUT2D eigenvalue weighted by Crippen LogP contribution is 2.51. The Bertz CT molecular complexity index is 836. The SMILES string of the molecule is CC(C)c1cc2sc3c4sc(C(C)S)cc4sc3c2s1. The van der Waals surface area contributed by atoms with Crippen molar-refractivity contribution in [2.24, 2.45) is 0 Å². The van der Waals surface area contributed by atoms with Crippen LogP contribution >= 0.6 is 58.0 Å². The third-order valence-electron chi connectivity index (χ3n) is 3.46. The second-order valence-corrected chi connectivity index (χ2v) is 10.4. The van der Waals surface area contributed by atoms with E-state index in [1.165, 1.54) is 38.0 Å². The minimum absolute atomic E-state index is 0.336. The molecule has 4 aromatic heterocycles. The Morgan fingerprint density at radius 2 is 1.25 bits per heavy atom. The van der Waals surface area contributed by atoms with Crippen molar-refractivity contribution in [3.05, 3.63) is 21.9 Å². The lowest BCUT2D eigenvalue weighted by atomic mass is 10.2. The fourth-order valence-corrected chi connectivity index (χ4v) is 8.18. The monoisotopic (exact) mass is 354 g/mol. The van der Waals surface area contributed by atoms with Crippen LogP contribution in [0.4, 0.5) is 0 Å². The van der Waals surface area contributed by atoms with Gasteiger partial charge in [0.1, 0.15) is 0 Å². The number of hydrogen-bond donors (Lipinski definition) is 1. The van der Waals surface area contributed by atoms with Gasteiger partial charge in [-0.1, -0.05) is 13.8 Å². The van der Waals surface area contributed by atoms with Crippen molar-refractivity contribution < 1.29 is 0 Å². The highest BCUT2D eigenvalue weighted by molar-refractivity contribution is 7.80. The van der Waals surface area contributed by atoms with Crippen LogP contribution in [0.1, 0.15) is 41.7 Å². The lowest BCUT2D eigenvalue weighted by molar-refractivity contribution is 0.891. The van der Waals surface area contributed by atoms with Gasteiger partial charge in [0.2, 0.25) is 0 Å². The Balaban J connectivity index is 2.01. The molecule has 5 heteroatoms. The zero-order valence-electron chi connectivity index (χ0n) is 11.4. The summed E-state index contributed by atoms with van der Waals surface area (Å²) in [4.78, 5) is 2.89. The second kappa shape index (κ2) is 4.71. The van der Waals surface area contributed by atoms with Crippen molar-refractivity contribution in [2.75, 3.05) is 0 Å². The molecule has 0 fully saturated rings. The summed E-state index contributed by atoms with van der Waals surface area (Å²) in [6.45, 7) is 6.71. The summed E-state index contributed by atoms with van der Waals surface area (Å²) in [5.41, 5.74) is 0. The third-order valence-corrected chi connectivity index (χ3v) is 9.65. The molecule has 0 spiro atoms. The van der Waals surface area contributed by atoms with Gasteiger partial charge in [0.25, 0.3) is 0 Å². The Kier molecular flexibility index (Phi) is 3.20. The number of fused-ring (bicyclic) bond motifs is 5. The molecule has 0 bridgehead atoms. The molecule has 0 N–H and O–H groups in total. The molecule has 0 radical (unpaired) electrons. The predicted molar refractivity (Wildman–Crippen MR) is 102 cm³/mol. The van der Waals surface area contributed by atoms with E-state index < -0.39 is 0 Å². The molecule has 0 amide bonds. The smallest absolute Gasteiger partial charge is 0.0650 e. The van der Waals surface area contributed by atoms with Gasteiger partial charge >= 0.3 is 0 Å². The molecule has 0 nitrogen and oxygen atoms in total. The minimum atomic E-state index is 0.336. The molecule has 4 heterocycles. The van der Waals surface area contributed by atoms with E-state index >= 15 is 0 Å². The van der Waals surface area contributed by atoms with Crippen LogP contribution in [0.25, 0.3) is 28.2 Å². The Morgan fingerprint density at radius 1 is 0.750 bits per heavy atom. The van der Waals surface area contributed by atoms with Gasteiger partial charge in [-0.15, -0.1) is 45.3 Å². The van der Waals surface area contributed by atoms with Gasteiger partial charge in [-0.25, -0.2) is 0 Å². The molecule has 4 rings (SSSR count). The molecule has 0 saturated heterocycles. The first-order valence-corrected chi connectivity index (χ1v) is 10.4. The number of rotatable bonds is 2. The second-order valence-electron chi connectivity index (χ2n) is 5.38. The molecule has 0 saturated carbocycles. The summed E-state index contributed by atoms with van der Waals surface area (Å²) in [6.07, 6.45) is 0. The predicted octanol–water partition coefficient (Wildman–Crippen LogP) is 7.51. The molecular weight excluding hydrogens is 340 g/mol. The van der Waals surface area contributed by atoms with Crippen LogP contribution in [0.3, 0.4) is 0 Å². The van der Waals surface area contributed by atoms with Crippen LogP contribution in [0.5, 0.6) is 0 Å². The number of hydrogen-bond acceptors (Lipinski definition) is 5. The largest absolute Gasteiger partial charge is 0.171 e. The van der Waals surface area contributed by atoms with Crippen molar-refractivity contribution in [1.82, 2.24) is 0 Å². The maximum Gasteiger partial charge on any atom is 0.0650 e. The third kappa shape index (κ3) is 1.91. The first-order valence-electron chi connectivity index (χ1n) is 6.61. The van der Waals surface area contributed by atoms with E-state index in [1.54, 1.807) is 0 Å². The zero-order valence-corrected chi connectivity index (χ0v) is 15.6. The molecular formula is C15H14S5. The molecule has 20 heavy (non-hydrogen) atoms. The lowest BCUT2D eigenvalue weighted by Gasteiger charge is -1.97. The molecule has 0 aromatic carbocycles. The van der Waals surface area contributed by atoms with Crippen molar-refractivity contribution in [2.45, 2.75) is 31.9 Å². The van der Waals surface area contributed by atoms with Crippen molar-refractivity contribution in [3.63, 3.8) is 0 Å². The molecule has 0 aliphatic carbocycles. The van der Waals surface area contributed by atoms with E-state index in [4.69, 9.17) is 0 Å². The standard InChI is InChI=1S/C15H14S5/c1-6(2)8-4-10-12(17-8)14-15(19-10)13-11(20-14)5-9(18-13)7(3)16/h4-7,16H,1-3H3. The van der Waals surface area contributed by atoms with E-state index in [0.717, 1.165) is 0 Å². The topological polar surface area (TPSA) is 0 Å². The quantitative estimate of drug-likeness (QED) is 0.354. The van der Waals surface area contributed by atoms with E-state index in [0.29, 0.717) is 11.2 Å². The van der Waals surface area contributed by atoms with Gasteiger partial charge in [0, 0.05) is 24.4 Å². The maximum atomic E-state index is 4.56. The highest BCUT2D eigenvalue weighted by Gasteiger charge is 2.18. The van der Waals surface area contributed by atoms with Crippen LogP contribution in [0.2, 0.25) is 0 Å². The van der Waals surface area contributed by atoms with E-state index in [-0.39, 0.29) is 0 Å². The van der Waals surface area contributed by atoms with Gasteiger partial charge in [-0.2, -0.15) is 12.6 Å². The first-order chi connectivity index (χ1) is 9.54. The van der Waals surface area contributed by atoms with Crippen molar-refractivity contribution in [1.29, 1.82) is 0 Å². The zero-order chi connectivity index (χ0) is 14.0. The van der Waals surface area contributed by atoms with Crippen LogP contribution in [-0.4, -0.2) is 0 Å². The van der Waals surface area contributed by atoms with Gasteiger partial charge in [-0.3, -0.25) is 0 Å². The van der Waals surface area contributed by atoms with E-state index in [1.807, 2.05) is 45.3 Å². The van der Waals surface area contributed by atoms with E-state index in [9.17, 15) is 0 Å². The molecule has 1 unspecified atom stereocenters. The Hall–Kier alpha value is -0.0700. The highest BCUT2D eigenvalue weighted by atomic mass is 32.1. The summed E-state index contributed by atoms with van der Waals surface area (Å²) in [5, 5.41) is 0.336. The first kappa shape index (κ1) is 13.6. The maximum absolute atomic E-state index is 4.56. The van der Waals surface area contributed by atoms with Crippen molar-refractivity contribution >= 4 is 86.2 Å². The molecule has 0 aliphatic rings. The Labute approximate surface area is 139 Å². The average molecular weight is 355 g/mol. The summed E-state index contributed by atoms with van der Waals surface area (Å²) < 4.78 is 8.88.